The Balaban J connectivity index is 1.64. The van der Waals surface area contributed by atoms with Gasteiger partial charge in [-0.1, -0.05) is 12.2 Å². The minimum atomic E-state index is -0.613. The Labute approximate surface area is 140 Å². The molecule has 2 heterocycles. The topological polar surface area (TPSA) is 120 Å². The number of hydrogen-bond donors (Lipinski definition) is 4. The number of primary amides is 1. The Bertz CT molecular complexity index is 637. The maximum atomic E-state index is 11.9. The summed E-state index contributed by atoms with van der Waals surface area (Å²) in [6.45, 7) is 2.51. The molecule has 5 N–H and O–H groups in total. The molecule has 0 bridgehead atoms. The second-order valence-electron chi connectivity index (χ2n) is 5.82. The maximum absolute atomic E-state index is 11.9. The number of H-pyrrole nitrogens is 1. The van der Waals surface area contributed by atoms with Crippen molar-refractivity contribution in [1.29, 1.82) is 0 Å². The molecule has 0 aromatic carbocycles. The van der Waals surface area contributed by atoms with Crippen LogP contribution in [0.5, 0.6) is 0 Å². The first-order chi connectivity index (χ1) is 11.5. The van der Waals surface area contributed by atoms with E-state index in [9.17, 15) is 14.4 Å². The SMILES string of the molecule is CN1CCC(C(=O)NC/C=C/CNC(=O)c2ccc(C(N)=O)[nH]2)C1. The van der Waals surface area contributed by atoms with Crippen LogP contribution in [0.2, 0.25) is 0 Å². The number of aromatic amines is 1. The third-order valence-corrected chi connectivity index (χ3v) is 3.90. The zero-order valence-corrected chi connectivity index (χ0v) is 13.7. The van der Waals surface area contributed by atoms with Gasteiger partial charge in [0, 0.05) is 19.6 Å². The van der Waals surface area contributed by atoms with E-state index in [4.69, 9.17) is 5.73 Å². The molecule has 1 atom stereocenters. The van der Waals surface area contributed by atoms with Crippen LogP contribution in [0.3, 0.4) is 0 Å². The number of carbonyl (C=O) groups excluding carboxylic acids is 3. The van der Waals surface area contributed by atoms with Crippen LogP contribution in [0.4, 0.5) is 0 Å². The lowest BCUT2D eigenvalue weighted by molar-refractivity contribution is -0.124. The molecule has 0 radical (unpaired) electrons. The molecule has 1 aromatic rings. The van der Waals surface area contributed by atoms with Gasteiger partial charge in [-0.05, 0) is 32.1 Å². The molecule has 1 aromatic heterocycles. The molecule has 3 amide bonds. The van der Waals surface area contributed by atoms with Crippen molar-refractivity contribution in [3.8, 4) is 0 Å². The van der Waals surface area contributed by atoms with E-state index in [0.717, 1.165) is 19.5 Å². The van der Waals surface area contributed by atoms with Crippen molar-refractivity contribution in [1.82, 2.24) is 20.5 Å². The van der Waals surface area contributed by atoms with Crippen LogP contribution >= 0.6 is 0 Å². The lowest BCUT2D eigenvalue weighted by Crippen LogP contribution is -2.32. The Kier molecular flexibility index (Phi) is 6.14. The van der Waals surface area contributed by atoms with E-state index in [0.29, 0.717) is 13.1 Å². The smallest absolute Gasteiger partial charge is 0.267 e. The van der Waals surface area contributed by atoms with Crippen molar-refractivity contribution in [3.63, 3.8) is 0 Å². The van der Waals surface area contributed by atoms with Crippen molar-refractivity contribution in [2.45, 2.75) is 6.42 Å². The number of aromatic nitrogens is 1. The number of nitrogens with zero attached hydrogens (tertiary/aromatic N) is 1. The van der Waals surface area contributed by atoms with Gasteiger partial charge in [0.25, 0.3) is 11.8 Å². The molecule has 1 saturated heterocycles. The van der Waals surface area contributed by atoms with Gasteiger partial charge in [-0.15, -0.1) is 0 Å². The normalized spacial score (nSPS) is 18.0. The van der Waals surface area contributed by atoms with Crippen molar-refractivity contribution >= 4 is 17.7 Å². The van der Waals surface area contributed by atoms with Crippen LogP contribution < -0.4 is 16.4 Å². The second-order valence-corrected chi connectivity index (χ2v) is 5.82. The summed E-state index contributed by atoms with van der Waals surface area (Å²) in [7, 11) is 2.01. The van der Waals surface area contributed by atoms with Crippen molar-refractivity contribution in [2.24, 2.45) is 11.7 Å². The number of nitrogens with one attached hydrogen (secondary N) is 3. The summed E-state index contributed by atoms with van der Waals surface area (Å²) in [5.41, 5.74) is 5.57. The number of hydrogen-bond acceptors (Lipinski definition) is 4. The van der Waals surface area contributed by atoms with Crippen LogP contribution in [0.15, 0.2) is 24.3 Å². The molecular weight excluding hydrogens is 310 g/mol. The maximum Gasteiger partial charge on any atom is 0.267 e. The highest BCUT2D eigenvalue weighted by molar-refractivity contribution is 5.96. The van der Waals surface area contributed by atoms with Gasteiger partial charge in [0.1, 0.15) is 11.4 Å². The average Bonchev–Trinajstić information content (AvgIpc) is 3.19. The fraction of sp³-hybridized carbons (Fsp3) is 0.438. The van der Waals surface area contributed by atoms with Crippen LogP contribution in [0, 0.1) is 5.92 Å². The second kappa shape index (κ2) is 8.30. The van der Waals surface area contributed by atoms with E-state index in [2.05, 4.69) is 20.5 Å². The van der Waals surface area contributed by atoms with Crippen LogP contribution in [0.25, 0.3) is 0 Å². The lowest BCUT2D eigenvalue weighted by atomic mass is 10.1. The highest BCUT2D eigenvalue weighted by atomic mass is 16.2. The minimum absolute atomic E-state index is 0.0652. The number of nitrogens with two attached hydrogens (primary N) is 1. The summed E-state index contributed by atoms with van der Waals surface area (Å²) < 4.78 is 0. The Morgan fingerprint density at radius 3 is 2.50 bits per heavy atom. The third kappa shape index (κ3) is 4.95. The third-order valence-electron chi connectivity index (χ3n) is 3.90. The lowest BCUT2D eigenvalue weighted by Gasteiger charge is -2.09. The molecule has 2 rings (SSSR count). The Morgan fingerprint density at radius 1 is 1.25 bits per heavy atom. The van der Waals surface area contributed by atoms with Gasteiger partial charge in [-0.25, -0.2) is 0 Å². The first-order valence-corrected chi connectivity index (χ1v) is 7.85. The van der Waals surface area contributed by atoms with Crippen LogP contribution in [0.1, 0.15) is 27.4 Å². The summed E-state index contributed by atoms with van der Waals surface area (Å²) >= 11 is 0. The van der Waals surface area contributed by atoms with Crippen molar-refractivity contribution in [3.05, 3.63) is 35.7 Å². The molecule has 24 heavy (non-hydrogen) atoms. The molecule has 1 unspecified atom stereocenters. The van der Waals surface area contributed by atoms with E-state index in [1.54, 1.807) is 12.2 Å². The van der Waals surface area contributed by atoms with Crippen molar-refractivity contribution in [2.75, 3.05) is 33.2 Å². The molecule has 8 nitrogen and oxygen atoms in total. The van der Waals surface area contributed by atoms with Gasteiger partial charge in [-0.3, -0.25) is 14.4 Å². The number of likely N-dealkylation sites (tertiary alicyclic amines) is 1. The van der Waals surface area contributed by atoms with E-state index >= 15 is 0 Å². The molecule has 8 heteroatoms. The molecule has 1 aliphatic heterocycles. The Morgan fingerprint density at radius 2 is 1.92 bits per heavy atom. The molecular formula is C16H23N5O3. The quantitative estimate of drug-likeness (QED) is 0.501. The summed E-state index contributed by atoms with van der Waals surface area (Å²) in [6.07, 6.45) is 4.45. The van der Waals surface area contributed by atoms with Gasteiger partial charge in [0.2, 0.25) is 5.91 Å². The first-order valence-electron chi connectivity index (χ1n) is 7.85. The summed E-state index contributed by atoms with van der Waals surface area (Å²) in [5, 5.41) is 5.53. The largest absolute Gasteiger partial charge is 0.364 e. The molecule has 0 saturated carbocycles. The van der Waals surface area contributed by atoms with E-state index in [1.807, 2.05) is 7.05 Å². The Hall–Kier alpha value is -2.61. The fourth-order valence-electron chi connectivity index (χ4n) is 2.54. The van der Waals surface area contributed by atoms with Crippen molar-refractivity contribution < 1.29 is 14.4 Å². The summed E-state index contributed by atoms with van der Waals surface area (Å²) in [4.78, 5) is 39.4. The van der Waals surface area contributed by atoms with Gasteiger partial charge >= 0.3 is 0 Å². The van der Waals surface area contributed by atoms with Gasteiger partial charge < -0.3 is 26.3 Å². The highest BCUT2D eigenvalue weighted by Crippen LogP contribution is 2.13. The van der Waals surface area contributed by atoms with E-state index in [-0.39, 0.29) is 29.1 Å². The van der Waals surface area contributed by atoms with Gasteiger partial charge in [0.15, 0.2) is 0 Å². The molecule has 0 aliphatic carbocycles. The monoisotopic (exact) mass is 333 g/mol. The van der Waals surface area contributed by atoms with Crippen LogP contribution in [-0.2, 0) is 4.79 Å². The molecule has 1 fully saturated rings. The van der Waals surface area contributed by atoms with Crippen LogP contribution in [-0.4, -0.2) is 60.8 Å². The predicted octanol–water partition coefficient (Wildman–Crippen LogP) is -0.532. The zero-order chi connectivity index (χ0) is 17.5. The fourth-order valence-corrected chi connectivity index (χ4v) is 2.54. The van der Waals surface area contributed by atoms with E-state index in [1.165, 1.54) is 12.1 Å². The number of carbonyl (C=O) groups is 3. The number of amides is 3. The molecule has 130 valence electrons. The van der Waals surface area contributed by atoms with E-state index < -0.39 is 5.91 Å². The average molecular weight is 333 g/mol. The first kappa shape index (κ1) is 17.7. The number of rotatable bonds is 7. The molecule has 0 spiro atoms. The standard InChI is InChI=1S/C16H23N5O3/c1-21-9-6-11(10-21)15(23)18-7-2-3-8-19-16(24)13-5-4-12(20-13)14(17)22/h2-5,11,20H,6-10H2,1H3,(H2,17,22)(H,18,23)(H,19,24)/b3-2+. The zero-order valence-electron chi connectivity index (χ0n) is 13.7. The van der Waals surface area contributed by atoms with Gasteiger partial charge in [0.05, 0.1) is 5.92 Å². The minimum Gasteiger partial charge on any atom is -0.364 e. The molecule has 1 aliphatic rings. The predicted molar refractivity (Wildman–Crippen MR) is 89.4 cm³/mol. The summed E-state index contributed by atoms with van der Waals surface area (Å²) in [5.74, 6) is -0.808. The summed E-state index contributed by atoms with van der Waals surface area (Å²) in [6, 6.07) is 2.96. The highest BCUT2D eigenvalue weighted by Gasteiger charge is 2.25. The van der Waals surface area contributed by atoms with Gasteiger partial charge in [-0.2, -0.15) is 0 Å².